The van der Waals surface area contributed by atoms with E-state index in [9.17, 15) is 19.1 Å². The highest BCUT2D eigenvalue weighted by Crippen LogP contribution is 2.27. The van der Waals surface area contributed by atoms with Crippen LogP contribution in [0.15, 0.2) is 30.5 Å². The Morgan fingerprint density at radius 1 is 1.37 bits per heavy atom. The molecule has 9 heteroatoms. The van der Waals surface area contributed by atoms with Gasteiger partial charge in [-0.2, -0.15) is 0 Å². The number of hydrogen-bond acceptors (Lipinski definition) is 6. The van der Waals surface area contributed by atoms with Crippen molar-refractivity contribution >= 4 is 23.5 Å². The molecule has 1 unspecified atom stereocenters. The quantitative estimate of drug-likeness (QED) is 0.698. The lowest BCUT2D eigenvalue weighted by Crippen LogP contribution is -2.33. The van der Waals surface area contributed by atoms with E-state index in [-0.39, 0.29) is 22.9 Å². The van der Waals surface area contributed by atoms with Crippen LogP contribution in [0, 0.1) is 5.82 Å². The maximum atomic E-state index is 13.0. The molecule has 7 nitrogen and oxygen atoms in total. The Balaban J connectivity index is 1.87. The van der Waals surface area contributed by atoms with Crippen molar-refractivity contribution < 1.29 is 28.6 Å². The van der Waals surface area contributed by atoms with Crippen molar-refractivity contribution in [2.24, 2.45) is 0 Å². The van der Waals surface area contributed by atoms with Crippen LogP contribution in [0.5, 0.6) is 11.5 Å². The molecule has 1 aromatic heterocycles. The smallest absolute Gasteiger partial charge is 0.325 e. The van der Waals surface area contributed by atoms with Gasteiger partial charge in [-0.3, -0.25) is 9.59 Å². The van der Waals surface area contributed by atoms with Crippen molar-refractivity contribution in [1.82, 2.24) is 10.3 Å². The minimum atomic E-state index is -0.752. The van der Waals surface area contributed by atoms with E-state index in [2.05, 4.69) is 10.3 Å². The minimum absolute atomic E-state index is 0.0857. The third-order valence-electron chi connectivity index (χ3n) is 3.57. The van der Waals surface area contributed by atoms with Crippen LogP contribution in [0.2, 0.25) is 5.02 Å². The molecule has 1 heterocycles. The summed E-state index contributed by atoms with van der Waals surface area (Å²) in [5, 5.41) is 12.4. The molecule has 2 rings (SSSR count). The van der Waals surface area contributed by atoms with Gasteiger partial charge in [0.25, 0.3) is 5.91 Å². The number of halogens is 2. The number of nitrogens with one attached hydrogen (secondary N) is 1. The van der Waals surface area contributed by atoms with Gasteiger partial charge in [0.15, 0.2) is 17.2 Å². The number of benzene rings is 1. The summed E-state index contributed by atoms with van der Waals surface area (Å²) in [4.78, 5) is 27.7. The number of aromatic nitrogens is 1. The molecule has 1 amide bonds. The summed E-state index contributed by atoms with van der Waals surface area (Å²) in [7, 11) is 1.34. The van der Waals surface area contributed by atoms with E-state index in [4.69, 9.17) is 21.1 Å². The van der Waals surface area contributed by atoms with E-state index in [0.29, 0.717) is 5.56 Å². The summed E-state index contributed by atoms with van der Waals surface area (Å²) >= 11 is 5.94. The molecule has 0 aliphatic heterocycles. The number of rotatable bonds is 7. The average molecular weight is 397 g/mol. The number of hydrogen-bond donors (Lipinski definition) is 2. The maximum Gasteiger partial charge on any atom is 0.325 e. The third-order valence-corrected chi connectivity index (χ3v) is 3.92. The van der Waals surface area contributed by atoms with E-state index in [1.165, 1.54) is 37.6 Å². The molecule has 0 radical (unpaired) electrons. The Bertz CT molecular complexity index is 846. The Kier molecular flexibility index (Phi) is 6.95. The van der Waals surface area contributed by atoms with E-state index in [1.807, 2.05) is 0 Å². The second-order valence-electron chi connectivity index (χ2n) is 5.63. The lowest BCUT2D eigenvalue weighted by molar-refractivity contribution is -0.146. The molecule has 1 atom stereocenters. The molecule has 0 fully saturated rings. The molecule has 0 saturated carbocycles. The van der Waals surface area contributed by atoms with Crippen LogP contribution >= 0.6 is 11.6 Å². The predicted molar refractivity (Wildman–Crippen MR) is 95.5 cm³/mol. The molecular formula is C18H18ClFN2O5. The van der Waals surface area contributed by atoms with Crippen molar-refractivity contribution in [1.29, 1.82) is 0 Å². The molecule has 27 heavy (non-hydrogen) atoms. The summed E-state index contributed by atoms with van der Waals surface area (Å²) in [6, 6.07) is 5.35. The predicted octanol–water partition coefficient (Wildman–Crippen LogP) is 2.49. The van der Waals surface area contributed by atoms with Gasteiger partial charge >= 0.3 is 5.97 Å². The summed E-state index contributed by atoms with van der Waals surface area (Å²) in [5.41, 5.74) is 0.362. The summed E-state index contributed by atoms with van der Waals surface area (Å²) in [5.74, 6) is -2.23. The monoisotopic (exact) mass is 396 g/mol. The van der Waals surface area contributed by atoms with Crippen LogP contribution in [-0.4, -0.2) is 41.7 Å². The van der Waals surface area contributed by atoms with E-state index < -0.39 is 36.1 Å². The zero-order valence-electron chi connectivity index (χ0n) is 14.7. The Morgan fingerprint density at radius 3 is 2.78 bits per heavy atom. The van der Waals surface area contributed by atoms with Crippen molar-refractivity contribution in [2.45, 2.75) is 19.4 Å². The van der Waals surface area contributed by atoms with Gasteiger partial charge < -0.3 is 19.9 Å². The highest BCUT2D eigenvalue weighted by Gasteiger charge is 2.18. The second kappa shape index (κ2) is 9.18. The number of carbonyl (C=O) groups is 2. The number of aromatic hydroxyl groups is 1. The fourth-order valence-corrected chi connectivity index (χ4v) is 2.55. The number of carbonyl (C=O) groups excluding carboxylic acids is 2. The van der Waals surface area contributed by atoms with Gasteiger partial charge in [0.05, 0.1) is 7.11 Å². The number of pyridine rings is 1. The summed E-state index contributed by atoms with van der Waals surface area (Å²) in [6.45, 7) is 1.23. The molecule has 0 aliphatic rings. The van der Waals surface area contributed by atoms with E-state index in [1.54, 1.807) is 6.92 Å². The Hall–Kier alpha value is -2.87. The molecule has 144 valence electrons. The normalized spacial score (nSPS) is 11.6. The molecule has 1 aromatic carbocycles. The number of amides is 1. The summed E-state index contributed by atoms with van der Waals surface area (Å²) in [6.07, 6.45) is 1.04. The second-order valence-corrected chi connectivity index (χ2v) is 6.04. The number of nitrogens with zero attached hydrogens (tertiary/aromatic N) is 1. The van der Waals surface area contributed by atoms with Gasteiger partial charge in [0.1, 0.15) is 18.5 Å². The number of esters is 1. The van der Waals surface area contributed by atoms with E-state index in [0.717, 1.165) is 0 Å². The van der Waals surface area contributed by atoms with Gasteiger partial charge in [0.2, 0.25) is 0 Å². The van der Waals surface area contributed by atoms with E-state index >= 15 is 0 Å². The zero-order chi connectivity index (χ0) is 20.0. The van der Waals surface area contributed by atoms with Crippen LogP contribution in [0.3, 0.4) is 0 Å². The van der Waals surface area contributed by atoms with Crippen LogP contribution in [-0.2, 0) is 16.0 Å². The fourth-order valence-electron chi connectivity index (χ4n) is 2.31. The lowest BCUT2D eigenvalue weighted by Gasteiger charge is -2.15. The number of ether oxygens (including phenoxy) is 2. The largest absolute Gasteiger partial charge is 0.503 e. The highest BCUT2D eigenvalue weighted by molar-refractivity contribution is 6.31. The standard InChI is InChI=1S/C18H18ClFN2O5/c1-10(7-11-3-4-12(20)8-13(11)19)27-15(23)9-22-18(25)16-17(24)14(26-2)5-6-21-16/h3-6,8,10,24H,7,9H2,1-2H3,(H,22,25). The van der Waals surface area contributed by atoms with Crippen LogP contribution in [0.25, 0.3) is 0 Å². The first-order valence-electron chi connectivity index (χ1n) is 7.95. The molecule has 0 bridgehead atoms. The van der Waals surface area contributed by atoms with Crippen molar-refractivity contribution in [3.05, 3.63) is 52.6 Å². The van der Waals surface area contributed by atoms with Crippen molar-refractivity contribution in [3.8, 4) is 11.5 Å². The fraction of sp³-hybridized carbons (Fsp3) is 0.278. The average Bonchev–Trinajstić information content (AvgIpc) is 2.62. The van der Waals surface area contributed by atoms with Crippen LogP contribution < -0.4 is 10.1 Å². The van der Waals surface area contributed by atoms with Gasteiger partial charge in [-0.1, -0.05) is 17.7 Å². The van der Waals surface area contributed by atoms with Gasteiger partial charge in [-0.05, 0) is 24.6 Å². The number of methoxy groups -OCH3 is 1. The molecular weight excluding hydrogens is 379 g/mol. The maximum absolute atomic E-state index is 13.0. The topological polar surface area (TPSA) is 97.8 Å². The first-order valence-corrected chi connectivity index (χ1v) is 8.33. The first kappa shape index (κ1) is 20.4. The highest BCUT2D eigenvalue weighted by atomic mass is 35.5. The van der Waals surface area contributed by atoms with Gasteiger partial charge in [-0.25, -0.2) is 9.37 Å². The summed E-state index contributed by atoms with van der Waals surface area (Å²) < 4.78 is 23.1. The Morgan fingerprint density at radius 2 is 2.11 bits per heavy atom. The van der Waals surface area contributed by atoms with Crippen molar-refractivity contribution in [3.63, 3.8) is 0 Å². The SMILES string of the molecule is COc1ccnc(C(=O)NCC(=O)OC(C)Cc2ccc(F)cc2Cl)c1O. The van der Waals surface area contributed by atoms with Gasteiger partial charge in [-0.15, -0.1) is 0 Å². The third kappa shape index (κ3) is 5.55. The molecule has 2 aromatic rings. The first-order chi connectivity index (χ1) is 12.8. The minimum Gasteiger partial charge on any atom is -0.503 e. The molecule has 0 aliphatic carbocycles. The lowest BCUT2D eigenvalue weighted by atomic mass is 10.1. The van der Waals surface area contributed by atoms with Gasteiger partial charge in [0, 0.05) is 23.7 Å². The van der Waals surface area contributed by atoms with Crippen LogP contribution in [0.4, 0.5) is 4.39 Å². The van der Waals surface area contributed by atoms with Crippen molar-refractivity contribution in [2.75, 3.05) is 13.7 Å². The molecule has 0 spiro atoms. The van der Waals surface area contributed by atoms with Crippen LogP contribution in [0.1, 0.15) is 23.0 Å². The molecule has 0 saturated heterocycles. The molecule has 2 N–H and O–H groups in total. The zero-order valence-corrected chi connectivity index (χ0v) is 15.4. The Labute approximate surface area is 160 Å².